The molecule has 0 unspecified atom stereocenters. The molecule has 0 saturated carbocycles. The van der Waals surface area contributed by atoms with Crippen molar-refractivity contribution in [2.24, 2.45) is 12.5 Å². The molecule has 0 saturated heterocycles. The minimum absolute atomic E-state index is 0.182. The summed E-state index contributed by atoms with van der Waals surface area (Å²) >= 11 is 0. The van der Waals surface area contributed by atoms with Gasteiger partial charge in [0.05, 0.1) is 28.5 Å². The Bertz CT molecular complexity index is 1430. The Hall–Kier alpha value is -4.24. The summed E-state index contributed by atoms with van der Waals surface area (Å²) < 4.78 is 3.43. The summed E-state index contributed by atoms with van der Waals surface area (Å²) in [6, 6.07) is 13.4. The van der Waals surface area contributed by atoms with E-state index in [0.29, 0.717) is 23.7 Å². The molecule has 0 aliphatic carbocycles. The van der Waals surface area contributed by atoms with Crippen LogP contribution in [0.1, 0.15) is 36.7 Å². The van der Waals surface area contributed by atoms with Crippen LogP contribution in [0.15, 0.2) is 67.5 Å². The zero-order valence-electron chi connectivity index (χ0n) is 21.0. The maximum atomic E-state index is 12.9. The molecule has 0 radical (unpaired) electrons. The third-order valence-corrected chi connectivity index (χ3v) is 5.45. The molecule has 0 bridgehead atoms. The number of aromatic nitrogens is 4. The molecule has 4 aromatic rings. The molecule has 3 N–H and O–H groups in total. The number of benzene rings is 2. The number of rotatable bonds is 8. The Morgan fingerprint density at radius 3 is 2.61 bits per heavy atom. The van der Waals surface area contributed by atoms with Gasteiger partial charge in [-0.1, -0.05) is 39.5 Å². The third-order valence-electron chi connectivity index (χ3n) is 5.45. The van der Waals surface area contributed by atoms with Crippen molar-refractivity contribution in [2.75, 3.05) is 17.2 Å². The predicted octanol–water partition coefficient (Wildman–Crippen LogP) is 4.27. The first-order valence-electron chi connectivity index (χ1n) is 11.7. The van der Waals surface area contributed by atoms with E-state index in [1.54, 1.807) is 24.0 Å². The Labute approximate surface area is 210 Å². The van der Waals surface area contributed by atoms with Crippen LogP contribution >= 0.6 is 0 Å². The molecule has 0 spiro atoms. The van der Waals surface area contributed by atoms with E-state index in [9.17, 15) is 9.59 Å². The van der Waals surface area contributed by atoms with E-state index in [0.717, 1.165) is 28.8 Å². The molecule has 0 atom stereocenters. The van der Waals surface area contributed by atoms with Crippen molar-refractivity contribution in [3.05, 3.63) is 78.6 Å². The Morgan fingerprint density at radius 1 is 1.11 bits per heavy atom. The highest BCUT2D eigenvalue weighted by Crippen LogP contribution is 2.28. The van der Waals surface area contributed by atoms with Crippen LogP contribution in [-0.2, 0) is 18.4 Å². The summed E-state index contributed by atoms with van der Waals surface area (Å²) in [4.78, 5) is 29.5. The second-order valence-corrected chi connectivity index (χ2v) is 9.86. The number of amides is 2. The van der Waals surface area contributed by atoms with Crippen LogP contribution in [0.2, 0.25) is 0 Å². The highest BCUT2D eigenvalue weighted by molar-refractivity contribution is 6.04. The molecule has 2 aromatic carbocycles. The fourth-order valence-electron chi connectivity index (χ4n) is 3.79. The molecular formula is C27H31N7O2. The van der Waals surface area contributed by atoms with Crippen LogP contribution in [0, 0.1) is 5.41 Å². The molecule has 36 heavy (non-hydrogen) atoms. The first-order chi connectivity index (χ1) is 17.1. The topological polar surface area (TPSA) is 106 Å². The normalized spacial score (nSPS) is 11.4. The maximum Gasteiger partial charge on any atom is 0.261 e. The fraction of sp³-hybridized carbons (Fsp3) is 0.259. The van der Waals surface area contributed by atoms with Gasteiger partial charge in [0.2, 0.25) is 11.9 Å². The van der Waals surface area contributed by atoms with Crippen molar-refractivity contribution in [3.8, 4) is 5.69 Å². The lowest BCUT2D eigenvalue weighted by atomic mass is 9.97. The number of carbonyl (C=O) groups is 2. The van der Waals surface area contributed by atoms with Crippen molar-refractivity contribution in [2.45, 2.75) is 27.3 Å². The van der Waals surface area contributed by atoms with Gasteiger partial charge in [-0.2, -0.15) is 5.10 Å². The van der Waals surface area contributed by atoms with Gasteiger partial charge in [0, 0.05) is 32.0 Å². The standard InChI is InChI=1S/C27H31N7O2/c1-6-24(35)30-20-8-7-9-21(13-20)34-23-11-10-18(14-28-17-27(2,3)4)12-22(23)31-26(34)32-25(36)19-15-29-33(5)16-19/h6-13,15-16,28H,1,14,17H2,2-5H3,(H,30,35)(H,31,32,36). The molecule has 0 fully saturated rings. The van der Waals surface area contributed by atoms with E-state index in [1.807, 2.05) is 41.0 Å². The van der Waals surface area contributed by atoms with Crippen LogP contribution in [-0.4, -0.2) is 37.7 Å². The lowest BCUT2D eigenvalue weighted by Gasteiger charge is -2.18. The van der Waals surface area contributed by atoms with E-state index in [4.69, 9.17) is 4.98 Å². The molecule has 9 nitrogen and oxygen atoms in total. The van der Waals surface area contributed by atoms with Crippen LogP contribution in [0.25, 0.3) is 16.7 Å². The Kier molecular flexibility index (Phi) is 7.03. The average Bonchev–Trinajstić information content (AvgIpc) is 3.41. The predicted molar refractivity (Wildman–Crippen MR) is 142 cm³/mol. The average molecular weight is 486 g/mol. The Morgan fingerprint density at radius 2 is 1.92 bits per heavy atom. The summed E-state index contributed by atoms with van der Waals surface area (Å²) in [7, 11) is 1.75. The minimum atomic E-state index is -0.317. The lowest BCUT2D eigenvalue weighted by molar-refractivity contribution is -0.111. The fourth-order valence-corrected chi connectivity index (χ4v) is 3.79. The zero-order chi connectivity index (χ0) is 25.9. The van der Waals surface area contributed by atoms with E-state index in [-0.39, 0.29) is 17.2 Å². The quantitative estimate of drug-likeness (QED) is 0.323. The summed E-state index contributed by atoms with van der Waals surface area (Å²) in [5.74, 6) is -0.256. The third kappa shape index (κ3) is 5.87. The van der Waals surface area contributed by atoms with Gasteiger partial charge in [-0.3, -0.25) is 24.2 Å². The van der Waals surface area contributed by atoms with Crippen molar-refractivity contribution < 1.29 is 9.59 Å². The van der Waals surface area contributed by atoms with Crippen molar-refractivity contribution >= 4 is 34.5 Å². The molecule has 2 heterocycles. The number of nitrogens with zero attached hydrogens (tertiary/aromatic N) is 4. The van der Waals surface area contributed by atoms with Gasteiger partial charge in [-0.05, 0) is 47.4 Å². The Balaban J connectivity index is 1.73. The van der Waals surface area contributed by atoms with Gasteiger partial charge in [-0.25, -0.2) is 4.98 Å². The molecule has 9 heteroatoms. The van der Waals surface area contributed by atoms with E-state index < -0.39 is 0 Å². The van der Waals surface area contributed by atoms with Crippen LogP contribution in [0.4, 0.5) is 11.6 Å². The number of carbonyl (C=O) groups excluding carboxylic acids is 2. The van der Waals surface area contributed by atoms with Gasteiger partial charge in [0.1, 0.15) is 0 Å². The SMILES string of the molecule is C=CC(=O)Nc1cccc(-n2c(NC(=O)c3cnn(C)c3)nc3cc(CNCC(C)(C)C)ccc32)c1. The smallest absolute Gasteiger partial charge is 0.261 e. The summed E-state index contributed by atoms with van der Waals surface area (Å²) in [5, 5.41) is 13.3. The van der Waals surface area contributed by atoms with E-state index in [2.05, 4.69) is 48.4 Å². The van der Waals surface area contributed by atoms with Gasteiger partial charge in [0.25, 0.3) is 5.91 Å². The summed E-state index contributed by atoms with van der Waals surface area (Å²) in [5.41, 5.74) is 4.60. The first kappa shape index (κ1) is 24.9. The van der Waals surface area contributed by atoms with Crippen LogP contribution < -0.4 is 16.0 Å². The van der Waals surface area contributed by atoms with Crippen molar-refractivity contribution in [3.63, 3.8) is 0 Å². The monoisotopic (exact) mass is 485 g/mol. The number of imidazole rings is 1. The summed E-state index contributed by atoms with van der Waals surface area (Å²) in [6.45, 7) is 11.7. The molecule has 186 valence electrons. The molecule has 0 aliphatic heterocycles. The van der Waals surface area contributed by atoms with Crippen molar-refractivity contribution in [1.82, 2.24) is 24.6 Å². The molecule has 0 aliphatic rings. The second kappa shape index (κ2) is 10.2. The van der Waals surface area contributed by atoms with Crippen LogP contribution in [0.5, 0.6) is 0 Å². The zero-order valence-corrected chi connectivity index (χ0v) is 21.0. The minimum Gasteiger partial charge on any atom is -0.322 e. The number of nitrogens with one attached hydrogen (secondary N) is 3. The lowest BCUT2D eigenvalue weighted by Crippen LogP contribution is -2.26. The number of aryl methyl sites for hydroxylation is 1. The van der Waals surface area contributed by atoms with Gasteiger partial charge in [-0.15, -0.1) is 0 Å². The number of anilines is 2. The van der Waals surface area contributed by atoms with Gasteiger partial charge >= 0.3 is 0 Å². The molecule has 2 amide bonds. The molecular weight excluding hydrogens is 454 g/mol. The first-order valence-corrected chi connectivity index (χ1v) is 11.7. The maximum absolute atomic E-state index is 12.9. The second-order valence-electron chi connectivity index (χ2n) is 9.86. The van der Waals surface area contributed by atoms with Gasteiger partial charge in [0.15, 0.2) is 0 Å². The van der Waals surface area contributed by atoms with Gasteiger partial charge < -0.3 is 10.6 Å². The van der Waals surface area contributed by atoms with Crippen molar-refractivity contribution in [1.29, 1.82) is 0 Å². The number of hydrogen-bond acceptors (Lipinski definition) is 5. The highest BCUT2D eigenvalue weighted by atomic mass is 16.2. The van der Waals surface area contributed by atoms with E-state index >= 15 is 0 Å². The number of hydrogen-bond donors (Lipinski definition) is 3. The largest absolute Gasteiger partial charge is 0.322 e. The summed E-state index contributed by atoms with van der Waals surface area (Å²) in [6.07, 6.45) is 4.37. The van der Waals surface area contributed by atoms with E-state index in [1.165, 1.54) is 12.3 Å². The molecule has 2 aromatic heterocycles. The number of fused-ring (bicyclic) bond motifs is 1. The molecule has 4 rings (SSSR count). The highest BCUT2D eigenvalue weighted by Gasteiger charge is 2.18. The van der Waals surface area contributed by atoms with Crippen LogP contribution in [0.3, 0.4) is 0 Å².